The van der Waals surface area contributed by atoms with E-state index in [0.29, 0.717) is 18.8 Å². The third kappa shape index (κ3) is 3.23. The van der Waals surface area contributed by atoms with E-state index in [2.05, 4.69) is 14.9 Å². The molecule has 1 fully saturated rings. The molecule has 1 aliphatic heterocycles. The van der Waals surface area contributed by atoms with Gasteiger partial charge in [0, 0.05) is 41.8 Å². The maximum absolute atomic E-state index is 13.7. The van der Waals surface area contributed by atoms with Gasteiger partial charge in [-0.1, -0.05) is 0 Å². The summed E-state index contributed by atoms with van der Waals surface area (Å²) in [6.07, 6.45) is -0.360. The predicted octanol–water partition coefficient (Wildman–Crippen LogP) is 2.74. The van der Waals surface area contributed by atoms with E-state index in [1.165, 1.54) is 12.1 Å². The Labute approximate surface area is 160 Å². The third-order valence-electron chi connectivity index (χ3n) is 5.46. The Hall–Kier alpha value is -2.55. The average Bonchev–Trinajstić information content (AvgIpc) is 3.07. The minimum atomic E-state index is -4.66. The minimum Gasteiger partial charge on any atom is -0.398 e. The Kier molecular flexibility index (Phi) is 4.57. The molecule has 4 rings (SSSR count). The molecule has 1 aromatic carbocycles. The molecule has 150 valence electrons. The quantitative estimate of drug-likeness (QED) is 0.679. The van der Waals surface area contributed by atoms with Crippen molar-refractivity contribution in [2.24, 2.45) is 5.73 Å². The number of anilines is 3. The van der Waals surface area contributed by atoms with Crippen molar-refractivity contribution in [2.45, 2.75) is 44.3 Å². The van der Waals surface area contributed by atoms with Crippen molar-refractivity contribution in [3.05, 3.63) is 29.0 Å². The van der Waals surface area contributed by atoms with Gasteiger partial charge in [-0.25, -0.2) is 9.97 Å². The molecule has 0 radical (unpaired) electrons. The number of nitrogens with two attached hydrogens (primary N) is 3. The number of nitrogen functional groups attached to an aromatic ring is 2. The Balaban J connectivity index is 1.94. The lowest BCUT2D eigenvalue weighted by Gasteiger charge is -2.26. The monoisotopic (exact) mass is 392 g/mol. The highest BCUT2D eigenvalue weighted by Crippen LogP contribution is 2.43. The molecule has 1 aromatic heterocycles. The van der Waals surface area contributed by atoms with E-state index >= 15 is 0 Å². The minimum absolute atomic E-state index is 0.0201. The van der Waals surface area contributed by atoms with E-state index in [0.717, 1.165) is 43.5 Å². The number of nitrogens with zero attached hydrogens (tertiary/aromatic N) is 3. The Bertz CT molecular complexity index is 912. The van der Waals surface area contributed by atoms with Gasteiger partial charge < -0.3 is 22.1 Å². The molecular formula is C19H23F3N6. The first-order chi connectivity index (χ1) is 13.3. The molecule has 0 amide bonds. The van der Waals surface area contributed by atoms with Gasteiger partial charge in [0.1, 0.15) is 5.82 Å². The lowest BCUT2D eigenvalue weighted by molar-refractivity contribution is -0.136. The summed E-state index contributed by atoms with van der Waals surface area (Å²) in [6.45, 7) is 1.35. The van der Waals surface area contributed by atoms with Crippen LogP contribution in [0.15, 0.2) is 12.1 Å². The highest BCUT2D eigenvalue weighted by Gasteiger charge is 2.38. The first kappa shape index (κ1) is 18.8. The van der Waals surface area contributed by atoms with Crippen molar-refractivity contribution in [3.8, 4) is 11.4 Å². The van der Waals surface area contributed by atoms with Crippen molar-refractivity contribution in [1.82, 2.24) is 9.97 Å². The molecule has 2 heterocycles. The first-order valence-electron chi connectivity index (χ1n) is 9.41. The van der Waals surface area contributed by atoms with Crippen LogP contribution >= 0.6 is 0 Å². The highest BCUT2D eigenvalue weighted by molar-refractivity contribution is 5.81. The summed E-state index contributed by atoms with van der Waals surface area (Å²) in [5, 5.41) is 0. The summed E-state index contributed by atoms with van der Waals surface area (Å²) < 4.78 is 41.2. The Morgan fingerprint density at radius 2 is 1.75 bits per heavy atom. The van der Waals surface area contributed by atoms with Gasteiger partial charge in [-0.05, 0) is 44.2 Å². The molecule has 2 aliphatic rings. The summed E-state index contributed by atoms with van der Waals surface area (Å²) >= 11 is 0. The van der Waals surface area contributed by atoms with Gasteiger partial charge >= 0.3 is 6.18 Å². The molecule has 1 aliphatic carbocycles. The zero-order valence-electron chi connectivity index (χ0n) is 15.4. The van der Waals surface area contributed by atoms with Gasteiger partial charge in [0.2, 0.25) is 0 Å². The van der Waals surface area contributed by atoms with Crippen molar-refractivity contribution in [1.29, 1.82) is 0 Å². The van der Waals surface area contributed by atoms with Crippen LogP contribution in [0.25, 0.3) is 11.4 Å². The summed E-state index contributed by atoms with van der Waals surface area (Å²) in [6, 6.07) is 2.56. The topological polar surface area (TPSA) is 107 Å². The molecule has 0 bridgehead atoms. The van der Waals surface area contributed by atoms with Gasteiger partial charge in [-0.3, -0.25) is 0 Å². The largest absolute Gasteiger partial charge is 0.419 e. The lowest BCUT2D eigenvalue weighted by atomic mass is 9.95. The number of rotatable bonds is 2. The SMILES string of the molecule is Nc1ccc(N)c(C(F)(F)F)c1-c1nc2c(c(N3CCC(N)C3)n1)CCCC2. The Morgan fingerprint density at radius 1 is 1.04 bits per heavy atom. The summed E-state index contributed by atoms with van der Waals surface area (Å²) in [7, 11) is 0. The summed E-state index contributed by atoms with van der Waals surface area (Å²) in [5.74, 6) is 0.663. The van der Waals surface area contributed by atoms with Crippen molar-refractivity contribution in [3.63, 3.8) is 0 Å². The first-order valence-corrected chi connectivity index (χ1v) is 9.41. The number of hydrogen-bond donors (Lipinski definition) is 3. The van der Waals surface area contributed by atoms with Gasteiger partial charge in [-0.15, -0.1) is 0 Å². The van der Waals surface area contributed by atoms with Crippen LogP contribution in [-0.2, 0) is 19.0 Å². The van der Waals surface area contributed by atoms with Crippen LogP contribution in [0.1, 0.15) is 36.1 Å². The van der Waals surface area contributed by atoms with Crippen LogP contribution < -0.4 is 22.1 Å². The molecular weight excluding hydrogens is 369 g/mol. The van der Waals surface area contributed by atoms with Crippen LogP contribution in [0.3, 0.4) is 0 Å². The molecule has 9 heteroatoms. The van der Waals surface area contributed by atoms with Crippen molar-refractivity contribution in [2.75, 3.05) is 29.5 Å². The third-order valence-corrected chi connectivity index (χ3v) is 5.46. The number of alkyl halides is 3. The van der Waals surface area contributed by atoms with E-state index in [4.69, 9.17) is 17.2 Å². The second-order valence-corrected chi connectivity index (χ2v) is 7.49. The van der Waals surface area contributed by atoms with Crippen molar-refractivity contribution < 1.29 is 13.2 Å². The molecule has 1 atom stereocenters. The van der Waals surface area contributed by atoms with E-state index in [1.54, 1.807) is 0 Å². The van der Waals surface area contributed by atoms with E-state index < -0.39 is 11.7 Å². The average molecular weight is 392 g/mol. The van der Waals surface area contributed by atoms with E-state index in [-0.39, 0.29) is 28.8 Å². The fourth-order valence-corrected chi connectivity index (χ4v) is 4.11. The standard InChI is InChI=1S/C19H23F3N6/c20-19(21,22)16-13(25)6-5-12(24)15(16)17-26-14-4-2-1-3-11(14)18(27-17)28-8-7-10(23)9-28/h5-6,10H,1-4,7-9,23-25H2. The fraction of sp³-hybridized carbons (Fsp3) is 0.474. The molecule has 6 N–H and O–H groups in total. The van der Waals surface area contributed by atoms with Crippen LogP contribution in [0.5, 0.6) is 0 Å². The van der Waals surface area contributed by atoms with Crippen molar-refractivity contribution >= 4 is 17.2 Å². The molecule has 1 unspecified atom stereocenters. The molecule has 0 saturated carbocycles. The van der Waals surface area contributed by atoms with E-state index in [9.17, 15) is 13.2 Å². The molecule has 1 saturated heterocycles. The van der Waals surface area contributed by atoms with Crippen LogP contribution in [0, 0.1) is 0 Å². The number of aromatic nitrogens is 2. The zero-order chi connectivity index (χ0) is 20.1. The number of aryl methyl sites for hydroxylation is 1. The maximum Gasteiger partial charge on any atom is 0.419 e. The fourth-order valence-electron chi connectivity index (χ4n) is 4.11. The smallest absolute Gasteiger partial charge is 0.398 e. The number of benzene rings is 1. The second-order valence-electron chi connectivity index (χ2n) is 7.49. The lowest BCUT2D eigenvalue weighted by Crippen LogP contribution is -2.29. The second kappa shape index (κ2) is 6.80. The highest BCUT2D eigenvalue weighted by atomic mass is 19.4. The van der Waals surface area contributed by atoms with Gasteiger partial charge in [-0.2, -0.15) is 13.2 Å². The van der Waals surface area contributed by atoms with Gasteiger partial charge in [0.05, 0.1) is 11.1 Å². The molecule has 0 spiro atoms. The zero-order valence-corrected chi connectivity index (χ0v) is 15.4. The molecule has 28 heavy (non-hydrogen) atoms. The molecule has 2 aromatic rings. The van der Waals surface area contributed by atoms with Gasteiger partial charge in [0.25, 0.3) is 0 Å². The van der Waals surface area contributed by atoms with Crippen LogP contribution in [-0.4, -0.2) is 29.1 Å². The number of hydrogen-bond acceptors (Lipinski definition) is 6. The van der Waals surface area contributed by atoms with Crippen LogP contribution in [0.2, 0.25) is 0 Å². The normalized spacial score (nSPS) is 19.7. The van der Waals surface area contributed by atoms with Gasteiger partial charge in [0.15, 0.2) is 5.82 Å². The molecule has 6 nitrogen and oxygen atoms in total. The summed E-state index contributed by atoms with van der Waals surface area (Å²) in [4.78, 5) is 11.1. The maximum atomic E-state index is 13.7. The summed E-state index contributed by atoms with van der Waals surface area (Å²) in [5.41, 5.74) is 17.8. The Morgan fingerprint density at radius 3 is 2.43 bits per heavy atom. The number of fused-ring (bicyclic) bond motifs is 1. The van der Waals surface area contributed by atoms with E-state index in [1.807, 2.05) is 0 Å². The van der Waals surface area contributed by atoms with Crippen LogP contribution in [0.4, 0.5) is 30.4 Å². The predicted molar refractivity (Wildman–Crippen MR) is 103 cm³/mol. The number of halogens is 3.